The Morgan fingerprint density at radius 3 is 2.76 bits per heavy atom. The highest BCUT2D eigenvalue weighted by Crippen LogP contribution is 2.18. The normalized spacial score (nSPS) is 11.3. The first-order chi connectivity index (χ1) is 12.0. The van der Waals surface area contributed by atoms with Gasteiger partial charge in [0.15, 0.2) is 5.15 Å². The number of pyridine rings is 1. The van der Waals surface area contributed by atoms with Crippen LogP contribution in [0.25, 0.3) is 11.7 Å². The van der Waals surface area contributed by atoms with Gasteiger partial charge in [-0.25, -0.2) is 13.8 Å². The van der Waals surface area contributed by atoms with Crippen LogP contribution >= 0.6 is 11.6 Å². The number of imidazole rings is 1. The summed E-state index contributed by atoms with van der Waals surface area (Å²) in [6.45, 7) is 0.257. The van der Waals surface area contributed by atoms with E-state index in [0.717, 1.165) is 6.07 Å². The second-order valence-corrected chi connectivity index (χ2v) is 5.73. The number of fused-ring (bicyclic) bond motifs is 1. The maximum Gasteiger partial charge on any atom is 0.244 e. The SMILES string of the molecule is O=C(/C=C/c1c(Cl)nc2ccccn12)NCCc1cc(F)cc(F)c1. The number of amides is 1. The summed E-state index contributed by atoms with van der Waals surface area (Å²) < 4.78 is 28.0. The van der Waals surface area contributed by atoms with E-state index in [9.17, 15) is 13.6 Å². The molecule has 2 heterocycles. The fourth-order valence-electron chi connectivity index (χ4n) is 2.43. The Balaban J connectivity index is 1.60. The molecule has 7 heteroatoms. The Morgan fingerprint density at radius 2 is 2.00 bits per heavy atom. The topological polar surface area (TPSA) is 46.4 Å². The van der Waals surface area contributed by atoms with E-state index in [1.807, 2.05) is 12.1 Å². The molecule has 25 heavy (non-hydrogen) atoms. The van der Waals surface area contributed by atoms with E-state index in [1.165, 1.54) is 18.2 Å². The van der Waals surface area contributed by atoms with Gasteiger partial charge < -0.3 is 5.32 Å². The van der Waals surface area contributed by atoms with Gasteiger partial charge in [0.1, 0.15) is 17.3 Å². The Labute approximate surface area is 147 Å². The van der Waals surface area contributed by atoms with Crippen molar-refractivity contribution in [2.75, 3.05) is 6.54 Å². The maximum atomic E-state index is 13.1. The third-order valence-corrected chi connectivity index (χ3v) is 3.83. The van der Waals surface area contributed by atoms with Crippen LogP contribution < -0.4 is 5.32 Å². The number of carbonyl (C=O) groups excluding carboxylic acids is 1. The summed E-state index contributed by atoms with van der Waals surface area (Å²) in [5, 5.41) is 2.95. The summed E-state index contributed by atoms with van der Waals surface area (Å²) in [5.41, 5.74) is 1.76. The standard InChI is InChI=1S/C18H14ClF2N3O/c19-18-15(24-8-2-1-3-16(24)23-18)4-5-17(25)22-7-6-12-9-13(20)11-14(21)10-12/h1-5,8-11H,6-7H2,(H,22,25)/b5-4+. The quantitative estimate of drug-likeness (QED) is 0.705. The van der Waals surface area contributed by atoms with E-state index >= 15 is 0 Å². The van der Waals surface area contributed by atoms with Gasteiger partial charge in [0.05, 0.1) is 5.69 Å². The summed E-state index contributed by atoms with van der Waals surface area (Å²) in [7, 11) is 0. The maximum absolute atomic E-state index is 13.1. The number of nitrogens with one attached hydrogen (secondary N) is 1. The number of hydrogen-bond acceptors (Lipinski definition) is 2. The molecule has 128 valence electrons. The van der Waals surface area contributed by atoms with Crippen molar-refractivity contribution in [3.05, 3.63) is 76.7 Å². The van der Waals surface area contributed by atoms with E-state index in [4.69, 9.17) is 11.6 Å². The average molecular weight is 362 g/mol. The molecule has 0 bridgehead atoms. The van der Waals surface area contributed by atoms with Gasteiger partial charge in [-0.3, -0.25) is 9.20 Å². The van der Waals surface area contributed by atoms with Gasteiger partial charge in [0.2, 0.25) is 5.91 Å². The Bertz CT molecular complexity index is 932. The predicted octanol–water partition coefficient (Wildman–Crippen LogP) is 3.64. The van der Waals surface area contributed by atoms with Gasteiger partial charge in [-0.05, 0) is 42.3 Å². The van der Waals surface area contributed by atoms with Gasteiger partial charge in [-0.2, -0.15) is 0 Å². The van der Waals surface area contributed by atoms with E-state index in [1.54, 1.807) is 22.7 Å². The number of halogens is 3. The van der Waals surface area contributed by atoms with Crippen molar-refractivity contribution >= 4 is 29.2 Å². The first-order valence-corrected chi connectivity index (χ1v) is 7.94. The van der Waals surface area contributed by atoms with Crippen LogP contribution in [-0.4, -0.2) is 21.8 Å². The monoisotopic (exact) mass is 361 g/mol. The van der Waals surface area contributed by atoms with Crippen molar-refractivity contribution in [1.82, 2.24) is 14.7 Å². The Hall–Kier alpha value is -2.73. The van der Waals surface area contributed by atoms with E-state index < -0.39 is 11.6 Å². The van der Waals surface area contributed by atoms with Crippen molar-refractivity contribution in [3.8, 4) is 0 Å². The van der Waals surface area contributed by atoms with Gasteiger partial charge in [0.25, 0.3) is 0 Å². The molecule has 1 N–H and O–H groups in total. The van der Waals surface area contributed by atoms with Crippen LogP contribution in [0, 0.1) is 11.6 Å². The lowest BCUT2D eigenvalue weighted by molar-refractivity contribution is -0.116. The molecule has 0 unspecified atom stereocenters. The molecule has 0 radical (unpaired) electrons. The number of nitrogens with zero attached hydrogens (tertiary/aromatic N) is 2. The van der Waals surface area contributed by atoms with Crippen LogP contribution in [-0.2, 0) is 11.2 Å². The van der Waals surface area contributed by atoms with Crippen LogP contribution in [0.2, 0.25) is 5.15 Å². The van der Waals surface area contributed by atoms with Crippen molar-refractivity contribution in [2.45, 2.75) is 6.42 Å². The smallest absolute Gasteiger partial charge is 0.244 e. The van der Waals surface area contributed by atoms with Crippen molar-refractivity contribution in [2.24, 2.45) is 0 Å². The van der Waals surface area contributed by atoms with Crippen LogP contribution in [0.1, 0.15) is 11.3 Å². The summed E-state index contributed by atoms with van der Waals surface area (Å²) in [6.07, 6.45) is 5.03. The van der Waals surface area contributed by atoms with Crippen molar-refractivity contribution in [3.63, 3.8) is 0 Å². The van der Waals surface area contributed by atoms with Crippen LogP contribution in [0.3, 0.4) is 0 Å². The molecule has 0 spiro atoms. The van der Waals surface area contributed by atoms with Gasteiger partial charge >= 0.3 is 0 Å². The molecule has 0 aliphatic carbocycles. The minimum absolute atomic E-state index is 0.257. The summed E-state index contributed by atoms with van der Waals surface area (Å²) in [6, 6.07) is 8.77. The second-order valence-electron chi connectivity index (χ2n) is 5.37. The van der Waals surface area contributed by atoms with Gasteiger partial charge in [0, 0.05) is 24.9 Å². The van der Waals surface area contributed by atoms with Crippen LogP contribution in [0.15, 0.2) is 48.7 Å². The van der Waals surface area contributed by atoms with E-state index in [2.05, 4.69) is 10.3 Å². The zero-order valence-electron chi connectivity index (χ0n) is 13.0. The number of carbonyl (C=O) groups is 1. The minimum Gasteiger partial charge on any atom is -0.352 e. The van der Waals surface area contributed by atoms with Crippen molar-refractivity contribution < 1.29 is 13.6 Å². The molecule has 2 aromatic heterocycles. The minimum atomic E-state index is -0.636. The summed E-state index contributed by atoms with van der Waals surface area (Å²) in [4.78, 5) is 16.1. The molecule has 0 aliphatic heterocycles. The first kappa shape index (κ1) is 17.1. The molecular weight excluding hydrogens is 348 g/mol. The number of hydrogen-bond donors (Lipinski definition) is 1. The summed E-state index contributed by atoms with van der Waals surface area (Å²) in [5.74, 6) is -1.61. The zero-order valence-corrected chi connectivity index (χ0v) is 13.8. The molecular formula is C18H14ClF2N3O. The van der Waals surface area contributed by atoms with Gasteiger partial charge in [-0.1, -0.05) is 17.7 Å². The van der Waals surface area contributed by atoms with Gasteiger partial charge in [-0.15, -0.1) is 0 Å². The van der Waals surface area contributed by atoms with Crippen LogP contribution in [0.5, 0.6) is 0 Å². The molecule has 0 fully saturated rings. The third kappa shape index (κ3) is 4.22. The number of benzene rings is 1. The highest BCUT2D eigenvalue weighted by Gasteiger charge is 2.07. The lowest BCUT2D eigenvalue weighted by Crippen LogP contribution is -2.23. The number of aromatic nitrogens is 2. The predicted molar refractivity (Wildman–Crippen MR) is 92.3 cm³/mol. The number of rotatable bonds is 5. The Kier molecular flexibility index (Phi) is 5.09. The lowest BCUT2D eigenvalue weighted by atomic mass is 10.1. The fourth-order valence-corrected chi connectivity index (χ4v) is 2.67. The first-order valence-electron chi connectivity index (χ1n) is 7.56. The zero-order chi connectivity index (χ0) is 17.8. The molecule has 3 aromatic rings. The molecule has 4 nitrogen and oxygen atoms in total. The summed E-state index contributed by atoms with van der Waals surface area (Å²) >= 11 is 6.08. The second kappa shape index (κ2) is 7.44. The third-order valence-electron chi connectivity index (χ3n) is 3.55. The molecule has 0 saturated carbocycles. The Morgan fingerprint density at radius 1 is 1.24 bits per heavy atom. The van der Waals surface area contributed by atoms with Crippen LogP contribution in [0.4, 0.5) is 8.78 Å². The lowest BCUT2D eigenvalue weighted by Gasteiger charge is -2.03. The molecule has 0 aliphatic rings. The molecule has 3 rings (SSSR count). The molecule has 1 aromatic carbocycles. The largest absolute Gasteiger partial charge is 0.352 e. The molecule has 0 atom stereocenters. The average Bonchev–Trinajstić information content (AvgIpc) is 2.87. The highest BCUT2D eigenvalue weighted by atomic mass is 35.5. The molecule has 1 amide bonds. The van der Waals surface area contributed by atoms with E-state index in [0.29, 0.717) is 28.5 Å². The fraction of sp³-hybridized carbons (Fsp3) is 0.111. The van der Waals surface area contributed by atoms with E-state index in [-0.39, 0.29) is 12.5 Å². The van der Waals surface area contributed by atoms with Crippen molar-refractivity contribution in [1.29, 1.82) is 0 Å². The molecule has 0 saturated heterocycles. The highest BCUT2D eigenvalue weighted by molar-refractivity contribution is 6.31.